The van der Waals surface area contributed by atoms with Crippen molar-refractivity contribution in [3.8, 4) is 0 Å². The van der Waals surface area contributed by atoms with Crippen LogP contribution in [-0.4, -0.2) is 115 Å². The molecule has 16 heteroatoms. The Morgan fingerprint density at radius 1 is 0.360 bits per heavy atom. The van der Waals surface area contributed by atoms with E-state index in [2.05, 4.69) is 322 Å². The Labute approximate surface area is 824 Å². The number of carbonyl (C=O) groups excluding carboxylic acids is 5. The van der Waals surface area contributed by atoms with E-state index in [1.165, 1.54) is 144 Å². The molecule has 7 aromatic carbocycles. The molecule has 136 heavy (non-hydrogen) atoms. The van der Waals surface area contributed by atoms with Crippen LogP contribution in [0, 0.1) is 0 Å². The number of carbonyl (C=O) groups is 5. The van der Waals surface area contributed by atoms with E-state index in [1.54, 1.807) is 18.7 Å². The van der Waals surface area contributed by atoms with Gasteiger partial charge < -0.3 is 55.1 Å². The molecular weight excluding hydrogens is 1680 g/mol. The minimum Gasteiger partial charge on any atom is -0.450 e. The number of rotatable bonds is 2. The van der Waals surface area contributed by atoms with Crippen LogP contribution in [0.1, 0.15) is 407 Å². The second kappa shape index (κ2) is 44.4. The van der Waals surface area contributed by atoms with Crippen LogP contribution in [-0.2, 0) is 117 Å². The Hall–Kier alpha value is -9.31. The van der Waals surface area contributed by atoms with Gasteiger partial charge >= 0.3 is 18.3 Å². The lowest BCUT2D eigenvalue weighted by Crippen LogP contribution is -2.48. The highest BCUT2D eigenvalue weighted by Gasteiger charge is 2.43. The van der Waals surface area contributed by atoms with Gasteiger partial charge in [0.1, 0.15) is 11.2 Å². The summed E-state index contributed by atoms with van der Waals surface area (Å²) in [4.78, 5) is 67.2. The van der Waals surface area contributed by atoms with Gasteiger partial charge in [-0.05, 0) is 312 Å². The Bertz CT molecular complexity index is 5230. The summed E-state index contributed by atoms with van der Waals surface area (Å²) < 4.78 is 16.0. The monoisotopic (exact) mass is 1860 g/mol. The first-order valence-corrected chi connectivity index (χ1v) is 51.5. The van der Waals surface area contributed by atoms with Gasteiger partial charge in [-0.1, -0.05) is 276 Å². The zero-order valence-electron chi connectivity index (χ0n) is 91.1. The van der Waals surface area contributed by atoms with Crippen LogP contribution in [0.25, 0.3) is 0 Å². The summed E-state index contributed by atoms with van der Waals surface area (Å²) in [6, 6.07) is 47.7. The summed E-state index contributed by atoms with van der Waals surface area (Å²) in [6.45, 7) is 81.9. The van der Waals surface area contributed by atoms with Gasteiger partial charge in [0, 0.05) is 107 Å². The number of alkyl carbamates (subject to hydrolysis) is 1. The largest absolute Gasteiger partial charge is 0.450 e. The van der Waals surface area contributed by atoms with Crippen molar-refractivity contribution in [3.05, 3.63) is 222 Å². The summed E-state index contributed by atoms with van der Waals surface area (Å²) in [5.74, 6) is 0.326. The predicted molar refractivity (Wildman–Crippen MR) is 571 cm³/mol. The third-order valence-corrected chi connectivity index (χ3v) is 28.4. The van der Waals surface area contributed by atoms with E-state index in [1.807, 2.05) is 63.2 Å². The number of likely N-dealkylation sites (tertiary alicyclic amines) is 1. The van der Waals surface area contributed by atoms with Crippen LogP contribution in [0.3, 0.4) is 0 Å². The minimum atomic E-state index is -0.440. The molecule has 5 amide bonds. The van der Waals surface area contributed by atoms with Crippen molar-refractivity contribution in [2.24, 2.45) is 0 Å². The van der Waals surface area contributed by atoms with E-state index < -0.39 is 11.2 Å². The van der Waals surface area contributed by atoms with Crippen molar-refractivity contribution >= 4 is 52.8 Å². The fraction of sp³-hybridized carbons (Fsp3) is 0.608. The van der Waals surface area contributed by atoms with Crippen molar-refractivity contribution < 1.29 is 38.2 Å². The number of aryl methyl sites for hydroxylation is 2. The molecule has 7 heterocycles. The number of hydrogen-bond donors (Lipinski definition) is 4. The molecule has 7 aliphatic heterocycles. The highest BCUT2D eigenvalue weighted by molar-refractivity contribution is 5.93. The number of fused-ring (bicyclic) bond motifs is 8. The predicted octanol–water partition coefficient (Wildman–Crippen LogP) is 29.0. The number of nitrogens with zero attached hydrogens (tertiary/aromatic N) is 4. The molecule has 0 bridgehead atoms. The van der Waals surface area contributed by atoms with Gasteiger partial charge in [0.2, 0.25) is 11.8 Å². The van der Waals surface area contributed by atoms with Crippen molar-refractivity contribution in [2.75, 3.05) is 79.8 Å². The van der Waals surface area contributed by atoms with Gasteiger partial charge in [0.15, 0.2) is 0 Å². The molecule has 1 aliphatic carbocycles. The van der Waals surface area contributed by atoms with Crippen molar-refractivity contribution in [2.45, 2.75) is 416 Å². The molecule has 748 valence electrons. The first kappa shape index (κ1) is 110. The van der Waals surface area contributed by atoms with E-state index in [9.17, 15) is 24.0 Å². The lowest BCUT2D eigenvalue weighted by Gasteiger charge is -2.46. The number of piperidine rings is 1. The molecule has 0 saturated carbocycles. The van der Waals surface area contributed by atoms with Crippen LogP contribution in [0.4, 0.5) is 37.1 Å². The molecule has 1 unspecified atom stereocenters. The average molecular weight is 1860 g/mol. The van der Waals surface area contributed by atoms with Gasteiger partial charge in [0.25, 0.3) is 0 Å². The van der Waals surface area contributed by atoms with E-state index >= 15 is 0 Å². The smallest absolute Gasteiger partial charge is 0.410 e. The first-order valence-electron chi connectivity index (χ1n) is 51.5. The van der Waals surface area contributed by atoms with Gasteiger partial charge in [0.05, 0.1) is 12.6 Å². The second-order valence-corrected chi connectivity index (χ2v) is 50.3. The molecule has 0 radical (unpaired) electrons. The van der Waals surface area contributed by atoms with Gasteiger partial charge in [-0.3, -0.25) is 9.59 Å². The zero-order valence-corrected chi connectivity index (χ0v) is 91.1. The van der Waals surface area contributed by atoms with Gasteiger partial charge in [-0.15, -0.1) is 0 Å². The maximum atomic E-state index is 12.4. The second-order valence-electron chi connectivity index (χ2n) is 50.3. The number of hydrogen-bond acceptors (Lipinski definition) is 11. The van der Waals surface area contributed by atoms with Gasteiger partial charge in [-0.25, -0.2) is 14.4 Å². The van der Waals surface area contributed by atoms with E-state index in [-0.39, 0.29) is 84.9 Å². The van der Waals surface area contributed by atoms with E-state index in [0.29, 0.717) is 18.6 Å². The topological polar surface area (TPSA) is 174 Å². The Morgan fingerprint density at radius 2 is 0.757 bits per heavy atom. The lowest BCUT2D eigenvalue weighted by molar-refractivity contribution is -0.129. The van der Waals surface area contributed by atoms with Crippen LogP contribution < -0.4 is 26.2 Å². The number of ether oxygens (including phenoxy) is 3. The first-order chi connectivity index (χ1) is 62.9. The molecule has 1 fully saturated rings. The van der Waals surface area contributed by atoms with Crippen molar-refractivity contribution in [1.82, 2.24) is 20.0 Å². The number of benzene rings is 7. The molecule has 0 aromatic heterocycles. The molecule has 7 aromatic rings. The zero-order chi connectivity index (χ0) is 101. The summed E-state index contributed by atoms with van der Waals surface area (Å²) in [5, 5.41) is 13.7. The van der Waals surface area contributed by atoms with E-state index in [0.717, 1.165) is 129 Å². The Kier molecular flexibility index (Phi) is 36.1. The maximum Gasteiger partial charge on any atom is 0.410 e. The fourth-order valence-corrected chi connectivity index (χ4v) is 19.5. The lowest BCUT2D eigenvalue weighted by atomic mass is 9.67. The number of anilines is 4. The average Bonchev–Trinajstić information content (AvgIpc) is 0.875. The van der Waals surface area contributed by atoms with Crippen LogP contribution in [0.5, 0.6) is 0 Å². The van der Waals surface area contributed by atoms with Crippen molar-refractivity contribution in [1.29, 1.82) is 0 Å². The summed E-state index contributed by atoms with van der Waals surface area (Å²) >= 11 is 0. The van der Waals surface area contributed by atoms with Gasteiger partial charge in [-0.2, -0.15) is 0 Å². The third kappa shape index (κ3) is 30.8. The molecular formula is C120H180N8O8. The molecule has 8 aliphatic rings. The fourth-order valence-electron chi connectivity index (χ4n) is 19.5. The normalized spacial score (nSPS) is 17.7. The summed E-state index contributed by atoms with van der Waals surface area (Å²) in [6.07, 6.45) is 16.1. The van der Waals surface area contributed by atoms with Crippen LogP contribution in [0.2, 0.25) is 0 Å². The standard InChI is InChI=1S/C22H34N2O2.C18H27NO2.C18H27NO.C17H25NO2.C16H25N.C15H21NO.C14H21N/c1-20(2,3)16-7-8-17-18(15-16)23-12-9-22(17)10-13-24(14-11-22)19(25)26-21(4,5)6;1-17(2,3)15-8-7-13-9-10-19(12-14(13)11-15)16(20)21-18(4,5)6;1-13(20)19-11-7-10-18(5,6)15-9-8-14(12-16(15)19)17(2,3)4;1-5-20-16(19)18-15-8-6-7-12-9-10-13(11-14(12)15)17(2,3)4;1-15(2,3)12-7-8-13-14(11-12)17-10-6-9-16(13,4)5;1-11(17)16-8-7-12-5-6-14(15(2,3)4)9-13(12)10-16;1-14(2,3)12-8-7-11-6-4-5-9-15-13(11)10-12/h7-8,15,23H,9-14H2,1-6H3;7-8,11H,9-10,12H2,1-6H3;8-9,12H,7,10-11H2,1-6H3;9-11,15H,5-8H2,1-4H3,(H,18,19);7-8,11,17H,6,9-10H2,1-5H3;5-6,9H,7-8,10H2,1-4H3;7-8,10,15H,4-6,9H2,1-3H3. The molecule has 1 atom stereocenters. The number of nitrogens with one attached hydrogen (secondary N) is 4. The summed E-state index contributed by atoms with van der Waals surface area (Å²) in [7, 11) is 0. The van der Waals surface area contributed by atoms with E-state index in [4.69, 9.17) is 14.2 Å². The molecule has 1 spiro atoms. The highest BCUT2D eigenvalue weighted by atomic mass is 16.6. The Balaban J connectivity index is 0.000000179. The quantitative estimate of drug-likeness (QED) is 0.121. The maximum absolute atomic E-state index is 12.4. The van der Waals surface area contributed by atoms with Crippen molar-refractivity contribution in [3.63, 3.8) is 0 Å². The molecule has 4 N–H and O–H groups in total. The molecule has 16 nitrogen and oxygen atoms in total. The highest BCUT2D eigenvalue weighted by Crippen LogP contribution is 2.48. The molecule has 1 saturated heterocycles. The third-order valence-electron chi connectivity index (χ3n) is 28.4. The van der Waals surface area contributed by atoms with Crippen LogP contribution in [0.15, 0.2) is 127 Å². The Morgan fingerprint density at radius 3 is 1.26 bits per heavy atom. The molecule has 15 rings (SSSR count). The number of amides is 5. The van der Waals surface area contributed by atoms with Crippen LogP contribution >= 0.6 is 0 Å². The SMILES string of the molecule is CC(=O)N1CCCC(C)(C)c2ccc(C(C)(C)C)cc21.CC(=O)N1CCc2ccc(C(C)(C)C)cc2C1.CC(C)(C)OC(=O)N1CCC2(CCNc3cc(C(C)(C)C)ccc32)CC1.CC(C)(C)OC(=O)N1CCc2ccc(C(C)(C)C)cc2C1.CC(C)(C)c1ccc2c(c1)NCCCC2.CC(C)(C)c1ccc2c(c1)NCCCC2(C)C.CCOC(=O)NC1CCCc2ccc(C(C)(C)C)cc21. The minimum absolute atomic E-state index is 0.0834. The summed E-state index contributed by atoms with van der Waals surface area (Å²) in [5.41, 5.74) is 29.1.